The number of anilines is 2. The summed E-state index contributed by atoms with van der Waals surface area (Å²) in [6.45, 7) is 6.60. The van der Waals surface area contributed by atoms with Gasteiger partial charge in [0.1, 0.15) is 0 Å². The van der Waals surface area contributed by atoms with Gasteiger partial charge in [-0.1, -0.05) is 11.4 Å². The SMILES string of the molecule is C[C@@H]1CN(c2[c-]ccc(N)c2)C[C@H](C)N1C.[Rb+]. The first-order valence-electron chi connectivity index (χ1n) is 5.82. The molecule has 1 fully saturated rings. The van der Waals surface area contributed by atoms with Crippen molar-refractivity contribution < 1.29 is 58.2 Å². The van der Waals surface area contributed by atoms with Gasteiger partial charge in [-0.2, -0.15) is 12.1 Å². The summed E-state index contributed by atoms with van der Waals surface area (Å²) in [4.78, 5) is 4.79. The van der Waals surface area contributed by atoms with E-state index in [1.165, 1.54) is 0 Å². The van der Waals surface area contributed by atoms with E-state index in [0.717, 1.165) is 24.5 Å². The van der Waals surface area contributed by atoms with Gasteiger partial charge >= 0.3 is 58.2 Å². The Labute approximate surface area is 153 Å². The standard InChI is InChI=1S/C13H20N3.Rb/c1-10-8-16(9-11(2)15(10)3)13-6-4-5-12(14)7-13;/h4-5,7,10-11H,8-9,14H2,1-3H3;/q-1;+1/t10-,11+;. The molecule has 0 aromatic heterocycles. The van der Waals surface area contributed by atoms with Crippen LogP contribution >= 0.6 is 0 Å². The van der Waals surface area contributed by atoms with Crippen molar-refractivity contribution in [2.24, 2.45) is 0 Å². The van der Waals surface area contributed by atoms with E-state index in [0.29, 0.717) is 12.1 Å². The molecule has 17 heavy (non-hydrogen) atoms. The van der Waals surface area contributed by atoms with Gasteiger partial charge in [-0.05, 0) is 20.9 Å². The van der Waals surface area contributed by atoms with Gasteiger partial charge in [0.2, 0.25) is 0 Å². The third-order valence-electron chi connectivity index (χ3n) is 3.51. The predicted molar refractivity (Wildman–Crippen MR) is 68.6 cm³/mol. The first-order chi connectivity index (χ1) is 7.58. The molecule has 2 atom stereocenters. The summed E-state index contributed by atoms with van der Waals surface area (Å²) in [6.07, 6.45) is 0. The minimum absolute atomic E-state index is 0. The van der Waals surface area contributed by atoms with E-state index in [1.54, 1.807) is 0 Å². The van der Waals surface area contributed by atoms with Gasteiger partial charge in [0.25, 0.3) is 0 Å². The van der Waals surface area contributed by atoms with Crippen molar-refractivity contribution >= 4 is 11.4 Å². The van der Waals surface area contributed by atoms with E-state index in [1.807, 2.05) is 18.2 Å². The van der Waals surface area contributed by atoms with Crippen LogP contribution in [-0.2, 0) is 0 Å². The molecule has 0 unspecified atom stereocenters. The quantitative estimate of drug-likeness (QED) is 0.512. The molecule has 1 aliphatic heterocycles. The fourth-order valence-electron chi connectivity index (χ4n) is 2.25. The molecule has 0 spiro atoms. The number of piperazine rings is 1. The zero-order chi connectivity index (χ0) is 11.7. The van der Waals surface area contributed by atoms with Crippen molar-refractivity contribution in [1.82, 2.24) is 4.90 Å². The topological polar surface area (TPSA) is 32.5 Å². The fraction of sp³-hybridized carbons (Fsp3) is 0.538. The third-order valence-corrected chi connectivity index (χ3v) is 3.51. The number of likely N-dealkylation sites (N-methyl/N-ethyl adjacent to an activating group) is 1. The van der Waals surface area contributed by atoms with Crippen molar-refractivity contribution in [3.63, 3.8) is 0 Å². The van der Waals surface area contributed by atoms with Crippen LogP contribution < -0.4 is 68.8 Å². The Kier molecular flexibility index (Phi) is 6.13. The average molecular weight is 304 g/mol. The molecule has 1 saturated heterocycles. The first-order valence-corrected chi connectivity index (χ1v) is 5.82. The van der Waals surface area contributed by atoms with Crippen molar-refractivity contribution in [2.45, 2.75) is 25.9 Å². The molecule has 3 nitrogen and oxygen atoms in total. The van der Waals surface area contributed by atoms with Gasteiger partial charge < -0.3 is 10.6 Å². The van der Waals surface area contributed by atoms with Crippen LogP contribution in [-0.4, -0.2) is 37.1 Å². The molecular weight excluding hydrogens is 284 g/mol. The maximum Gasteiger partial charge on any atom is 1.00 e. The second kappa shape index (κ2) is 6.66. The van der Waals surface area contributed by atoms with Crippen LogP contribution in [0.4, 0.5) is 11.4 Å². The van der Waals surface area contributed by atoms with Gasteiger partial charge in [0.15, 0.2) is 0 Å². The smallest absolute Gasteiger partial charge is 0.419 e. The van der Waals surface area contributed by atoms with E-state index in [9.17, 15) is 0 Å². The van der Waals surface area contributed by atoms with Crippen molar-refractivity contribution in [3.05, 3.63) is 24.3 Å². The fourth-order valence-corrected chi connectivity index (χ4v) is 2.25. The van der Waals surface area contributed by atoms with Crippen LogP contribution in [0.2, 0.25) is 0 Å². The van der Waals surface area contributed by atoms with Crippen molar-refractivity contribution in [1.29, 1.82) is 0 Å². The maximum atomic E-state index is 5.80. The second-order valence-corrected chi connectivity index (χ2v) is 4.78. The number of nitrogens with two attached hydrogens (primary N) is 1. The molecule has 2 rings (SSSR count). The van der Waals surface area contributed by atoms with Crippen LogP contribution in [0.1, 0.15) is 13.8 Å². The Morgan fingerprint density at radius 1 is 1.29 bits per heavy atom. The van der Waals surface area contributed by atoms with Gasteiger partial charge in [-0.25, -0.2) is 0 Å². The second-order valence-electron chi connectivity index (χ2n) is 4.78. The van der Waals surface area contributed by atoms with E-state index in [-0.39, 0.29) is 58.2 Å². The average Bonchev–Trinajstić information content (AvgIpc) is 2.25. The van der Waals surface area contributed by atoms with Gasteiger partial charge in [0.05, 0.1) is 0 Å². The molecule has 0 radical (unpaired) electrons. The molecule has 0 amide bonds. The maximum absolute atomic E-state index is 5.80. The Morgan fingerprint density at radius 3 is 2.41 bits per heavy atom. The molecular formula is C13H20N3Rb. The van der Waals surface area contributed by atoms with Crippen LogP contribution in [0, 0.1) is 6.07 Å². The molecule has 0 saturated carbocycles. The Bertz CT molecular complexity index is 357. The molecule has 0 aliphatic carbocycles. The van der Waals surface area contributed by atoms with E-state index >= 15 is 0 Å². The summed E-state index contributed by atoms with van der Waals surface area (Å²) in [5, 5.41) is 0. The Hall–Kier alpha value is 0.585. The summed E-state index contributed by atoms with van der Waals surface area (Å²) in [5.41, 5.74) is 7.74. The zero-order valence-electron chi connectivity index (χ0n) is 11.3. The number of nitrogen functional groups attached to an aromatic ring is 1. The van der Waals surface area contributed by atoms with Crippen LogP contribution in [0.3, 0.4) is 0 Å². The summed E-state index contributed by atoms with van der Waals surface area (Å²) in [6, 6.07) is 10.2. The number of rotatable bonds is 1. The van der Waals surface area contributed by atoms with Crippen molar-refractivity contribution in [2.75, 3.05) is 30.8 Å². The number of hydrogen-bond acceptors (Lipinski definition) is 3. The Morgan fingerprint density at radius 2 is 1.88 bits per heavy atom. The molecule has 88 valence electrons. The normalized spacial score (nSPS) is 25.5. The molecule has 1 heterocycles. The minimum atomic E-state index is 0. The molecule has 0 bridgehead atoms. The van der Waals surface area contributed by atoms with E-state index < -0.39 is 0 Å². The van der Waals surface area contributed by atoms with E-state index in [2.05, 4.69) is 36.8 Å². The molecule has 1 aromatic carbocycles. The summed E-state index contributed by atoms with van der Waals surface area (Å²) < 4.78 is 0. The van der Waals surface area contributed by atoms with Crippen molar-refractivity contribution in [3.8, 4) is 0 Å². The molecule has 4 heteroatoms. The Balaban J connectivity index is 0.00000144. The van der Waals surface area contributed by atoms with Crippen LogP contribution in [0.5, 0.6) is 0 Å². The van der Waals surface area contributed by atoms with Gasteiger partial charge in [-0.15, -0.1) is 12.1 Å². The number of nitrogens with zero attached hydrogens (tertiary/aromatic N) is 2. The number of hydrogen-bond donors (Lipinski definition) is 1. The third kappa shape index (κ3) is 3.77. The van der Waals surface area contributed by atoms with Crippen LogP contribution in [0.15, 0.2) is 18.2 Å². The predicted octanol–water partition coefficient (Wildman–Crippen LogP) is -1.40. The van der Waals surface area contributed by atoms with Crippen LogP contribution in [0.25, 0.3) is 0 Å². The molecule has 1 aromatic rings. The first kappa shape index (κ1) is 15.6. The summed E-state index contributed by atoms with van der Waals surface area (Å²) in [5.74, 6) is 0. The summed E-state index contributed by atoms with van der Waals surface area (Å²) >= 11 is 0. The zero-order valence-corrected chi connectivity index (χ0v) is 16.2. The molecule has 1 aliphatic rings. The molecule has 2 N–H and O–H groups in total. The largest absolute Gasteiger partial charge is 1.00 e. The van der Waals surface area contributed by atoms with Gasteiger partial charge in [0, 0.05) is 25.2 Å². The van der Waals surface area contributed by atoms with Gasteiger partial charge in [-0.3, -0.25) is 4.90 Å². The minimum Gasteiger partial charge on any atom is -0.419 e. The monoisotopic (exact) mass is 303 g/mol. The number of benzene rings is 1. The summed E-state index contributed by atoms with van der Waals surface area (Å²) in [7, 11) is 2.19. The van der Waals surface area contributed by atoms with E-state index in [4.69, 9.17) is 5.73 Å².